The van der Waals surface area contributed by atoms with Crippen LogP contribution in [0, 0.1) is 12.7 Å². The minimum absolute atomic E-state index is 0.0914. The molecule has 74 heavy (non-hydrogen) atoms. The van der Waals surface area contributed by atoms with Gasteiger partial charge in [-0.15, -0.1) is 11.8 Å². The minimum Gasteiger partial charge on any atom is -0.380 e. The molecule has 1 atom stereocenters. The first-order chi connectivity index (χ1) is 35.0. The number of anilines is 4. The molecule has 1 aromatic heterocycles. The van der Waals surface area contributed by atoms with Gasteiger partial charge in [0.25, 0.3) is 10.0 Å². The summed E-state index contributed by atoms with van der Waals surface area (Å²) in [5, 5.41) is 4.04. The summed E-state index contributed by atoms with van der Waals surface area (Å²) in [4.78, 5) is 10.1. The first-order valence-electron chi connectivity index (χ1n) is 24.9. The van der Waals surface area contributed by atoms with Crippen LogP contribution in [0.5, 0.6) is 0 Å². The normalized spacial score (nSPS) is 15.8. The summed E-state index contributed by atoms with van der Waals surface area (Å²) in [6.07, 6.45) is 3.04. The highest BCUT2D eigenvalue weighted by atomic mass is 35.5. The average Bonchev–Trinajstić information content (AvgIpc) is 3.69. The Hall–Kier alpha value is -5.08. The smallest absolute Gasteiger partial charge is 0.261 e. The maximum atomic E-state index is 15.8. The van der Waals surface area contributed by atoms with Crippen molar-refractivity contribution in [2.75, 3.05) is 97.0 Å². The number of sulfone groups is 2. The zero-order chi connectivity index (χ0) is 53.1. The number of halogens is 2. The summed E-state index contributed by atoms with van der Waals surface area (Å²) in [5.41, 5.74) is 5.03. The number of piperazine rings is 2. The van der Waals surface area contributed by atoms with Crippen LogP contribution in [0.15, 0.2) is 135 Å². The van der Waals surface area contributed by atoms with E-state index in [4.69, 9.17) is 11.6 Å². The second-order valence-electron chi connectivity index (χ2n) is 19.9. The fraction of sp³-hybridized carbons (Fsp3) is 0.382. The predicted molar refractivity (Wildman–Crippen MR) is 302 cm³/mol. The summed E-state index contributed by atoms with van der Waals surface area (Å²) < 4.78 is 102. The number of sulfonamides is 1. The van der Waals surface area contributed by atoms with Crippen LogP contribution in [0.2, 0.25) is 5.02 Å². The molecule has 2 saturated heterocycles. The molecule has 0 bridgehead atoms. The molecule has 2 aliphatic heterocycles. The van der Waals surface area contributed by atoms with Gasteiger partial charge in [0.05, 0.1) is 26.1 Å². The number of hydrogen-bond acceptors (Lipinski definition) is 12. The highest BCUT2D eigenvalue weighted by molar-refractivity contribution is 7.99. The molecular weight excluding hydrogens is 1040 g/mol. The highest BCUT2D eigenvalue weighted by Gasteiger charge is 2.31. The van der Waals surface area contributed by atoms with Crippen LogP contribution in [0.25, 0.3) is 22.4 Å². The second kappa shape index (κ2) is 23.0. The van der Waals surface area contributed by atoms with E-state index in [-0.39, 0.29) is 26.8 Å². The summed E-state index contributed by atoms with van der Waals surface area (Å²) in [6, 6.07) is 33.5. The number of benzene rings is 5. The molecule has 0 spiro atoms. The molecule has 19 heteroatoms. The van der Waals surface area contributed by atoms with Gasteiger partial charge in [0.15, 0.2) is 19.7 Å². The second-order valence-corrected chi connectivity index (χ2v) is 27.0. The van der Waals surface area contributed by atoms with Crippen LogP contribution in [0.3, 0.4) is 0 Å². The third-order valence-electron chi connectivity index (χ3n) is 13.8. The Labute approximate surface area is 447 Å². The van der Waals surface area contributed by atoms with E-state index in [2.05, 4.69) is 55.6 Å². The molecule has 6 aromatic rings. The summed E-state index contributed by atoms with van der Waals surface area (Å²) in [7, 11) is -11.8. The Morgan fingerprint density at radius 3 is 1.91 bits per heavy atom. The standard InChI is InChI=1S/C55H67ClFN7O6S4/c1-38(2)61-27-25-60(26-28-61)24-23-46(37-71-49-11-9-8-10-12-49)58-51-22-21-50(36-52(51)72(6,65)66)74(69,70)59-45-17-19-47(20-18-45)62-29-31-63(32-30-62)48-34-42(33-44(57)35-48)53-54(41-13-15-43(56)16-14-41)64(39(3)4)40(5)55(53)73(7,67)68/h8-22,33-36,38-39,46,58-59H,23-32,37H2,1-7H3/t46-/m1/s1. The molecule has 2 fully saturated rings. The topological polar surface area (TPSA) is 144 Å². The molecule has 396 valence electrons. The van der Waals surface area contributed by atoms with E-state index >= 15 is 4.39 Å². The Bertz CT molecular complexity index is 3270. The van der Waals surface area contributed by atoms with Crippen LogP contribution in [0.1, 0.15) is 45.9 Å². The van der Waals surface area contributed by atoms with E-state index in [9.17, 15) is 25.3 Å². The van der Waals surface area contributed by atoms with E-state index in [0.29, 0.717) is 82.6 Å². The molecule has 3 heterocycles. The van der Waals surface area contributed by atoms with Gasteiger partial charge in [0.1, 0.15) is 5.82 Å². The van der Waals surface area contributed by atoms with E-state index in [1.807, 2.05) is 66.9 Å². The van der Waals surface area contributed by atoms with Crippen molar-refractivity contribution < 1.29 is 29.6 Å². The minimum atomic E-state index is -4.21. The maximum Gasteiger partial charge on any atom is 0.261 e. The molecule has 0 aliphatic carbocycles. The van der Waals surface area contributed by atoms with Crippen molar-refractivity contribution in [1.29, 1.82) is 0 Å². The van der Waals surface area contributed by atoms with Crippen LogP contribution in [0.4, 0.5) is 27.1 Å². The van der Waals surface area contributed by atoms with E-state index in [1.54, 1.807) is 49.0 Å². The lowest BCUT2D eigenvalue weighted by molar-refractivity contribution is 0.107. The average molecular weight is 1100 g/mol. The Morgan fingerprint density at radius 1 is 0.676 bits per heavy atom. The van der Waals surface area contributed by atoms with Gasteiger partial charge in [0.2, 0.25) is 0 Å². The number of aromatic nitrogens is 1. The zero-order valence-electron chi connectivity index (χ0n) is 43.1. The lowest BCUT2D eigenvalue weighted by atomic mass is 9.99. The van der Waals surface area contributed by atoms with Crippen molar-refractivity contribution in [3.8, 4) is 22.4 Å². The van der Waals surface area contributed by atoms with Crippen molar-refractivity contribution in [1.82, 2.24) is 14.4 Å². The maximum absolute atomic E-state index is 15.8. The molecule has 2 aliphatic rings. The van der Waals surface area contributed by atoms with E-state index in [0.717, 1.165) is 61.5 Å². The lowest BCUT2D eigenvalue weighted by Crippen LogP contribution is -2.49. The summed E-state index contributed by atoms with van der Waals surface area (Å²) in [6.45, 7) is 17.2. The zero-order valence-corrected chi connectivity index (χ0v) is 47.1. The van der Waals surface area contributed by atoms with Crippen molar-refractivity contribution in [2.45, 2.75) is 78.7 Å². The van der Waals surface area contributed by atoms with E-state index in [1.165, 1.54) is 30.5 Å². The molecule has 0 amide bonds. The highest BCUT2D eigenvalue weighted by Crippen LogP contribution is 2.45. The quantitative estimate of drug-likeness (QED) is 0.0745. The third kappa shape index (κ3) is 13.1. The van der Waals surface area contributed by atoms with Gasteiger partial charge in [-0.05, 0) is 137 Å². The van der Waals surface area contributed by atoms with Gasteiger partial charge in [-0.3, -0.25) is 9.62 Å². The fourth-order valence-electron chi connectivity index (χ4n) is 10.1. The van der Waals surface area contributed by atoms with Crippen LogP contribution < -0.4 is 19.8 Å². The van der Waals surface area contributed by atoms with Crippen molar-refractivity contribution in [3.05, 3.63) is 132 Å². The largest absolute Gasteiger partial charge is 0.380 e. The van der Waals surface area contributed by atoms with Crippen LogP contribution in [-0.2, 0) is 29.7 Å². The summed E-state index contributed by atoms with van der Waals surface area (Å²) in [5.74, 6) is 0.186. The molecular formula is C55H67ClFN7O6S4. The van der Waals surface area contributed by atoms with Crippen LogP contribution in [-0.4, -0.2) is 129 Å². The number of nitrogens with zero attached hydrogens (tertiary/aromatic N) is 5. The summed E-state index contributed by atoms with van der Waals surface area (Å²) >= 11 is 7.96. The van der Waals surface area contributed by atoms with Gasteiger partial charge in [-0.25, -0.2) is 29.6 Å². The molecule has 0 radical (unpaired) electrons. The first kappa shape index (κ1) is 55.2. The van der Waals surface area contributed by atoms with Gasteiger partial charge in [-0.2, -0.15) is 0 Å². The first-order valence-corrected chi connectivity index (χ1v) is 31.6. The molecule has 0 unspecified atom stereocenters. The molecule has 0 saturated carbocycles. The van der Waals surface area contributed by atoms with E-state index < -0.39 is 35.5 Å². The van der Waals surface area contributed by atoms with Crippen molar-refractivity contribution in [3.63, 3.8) is 0 Å². The number of nitrogens with one attached hydrogen (secondary N) is 2. The van der Waals surface area contributed by atoms with Crippen molar-refractivity contribution >= 4 is 75.8 Å². The molecule has 5 aromatic carbocycles. The van der Waals surface area contributed by atoms with Gasteiger partial charge >= 0.3 is 0 Å². The predicted octanol–water partition coefficient (Wildman–Crippen LogP) is 10.4. The lowest BCUT2D eigenvalue weighted by Gasteiger charge is -2.37. The Morgan fingerprint density at radius 2 is 1.31 bits per heavy atom. The Kier molecular flexibility index (Phi) is 17.2. The monoisotopic (exact) mass is 1100 g/mol. The van der Waals surface area contributed by atoms with Crippen molar-refractivity contribution in [2.24, 2.45) is 0 Å². The van der Waals surface area contributed by atoms with Gasteiger partial charge in [0, 0.05) is 134 Å². The molecule has 13 nitrogen and oxygen atoms in total. The number of thioether (sulfide) groups is 1. The van der Waals surface area contributed by atoms with Gasteiger partial charge in [-0.1, -0.05) is 41.9 Å². The van der Waals surface area contributed by atoms with Crippen LogP contribution >= 0.6 is 23.4 Å². The van der Waals surface area contributed by atoms with Gasteiger partial charge < -0.3 is 24.6 Å². The molecule has 2 N–H and O–H groups in total. The molecule has 8 rings (SSSR count). The fourth-order valence-corrected chi connectivity index (χ4v) is 14.5. The Balaban J connectivity index is 0.953. The number of rotatable bonds is 19. The number of hydrogen-bond donors (Lipinski definition) is 2. The SMILES string of the molecule is Cc1c(S(C)(=O)=O)c(-c2cc(F)cc(N3CCN(c4ccc(NS(=O)(=O)c5ccc(N[C@H](CCN6CCN(C(C)C)CC6)CSc6ccccc6)c(S(C)(=O)=O)c5)cc4)CC3)c2)c(-c2ccc(Cl)cc2)n1C(C)C. The third-order valence-corrected chi connectivity index (χ3v) is 19.0.